The van der Waals surface area contributed by atoms with Gasteiger partial charge in [0.05, 0.1) is 6.54 Å². The minimum absolute atomic E-state index is 0.116. The lowest BCUT2D eigenvalue weighted by Crippen LogP contribution is -2.35. The Kier molecular flexibility index (Phi) is 5.81. The van der Waals surface area contributed by atoms with Crippen LogP contribution in [0.25, 0.3) is 0 Å². The molecule has 0 spiro atoms. The van der Waals surface area contributed by atoms with Crippen molar-refractivity contribution in [2.75, 3.05) is 18.0 Å². The molecule has 4 heteroatoms. The Bertz CT molecular complexity index is 710. The lowest BCUT2D eigenvalue weighted by molar-refractivity contribution is 0.100. The highest BCUT2D eigenvalue weighted by molar-refractivity contribution is 9.10. The first-order valence-electron chi connectivity index (χ1n) is 8.39. The van der Waals surface area contributed by atoms with Gasteiger partial charge in [0, 0.05) is 28.7 Å². The molecule has 0 radical (unpaired) electrons. The summed E-state index contributed by atoms with van der Waals surface area (Å²) in [4.78, 5) is 19.5. The van der Waals surface area contributed by atoms with Crippen LogP contribution in [0.15, 0.2) is 64.1 Å². The number of carbonyl (C=O) groups excluding carboxylic acids is 1. The van der Waals surface area contributed by atoms with Gasteiger partial charge in [0.25, 0.3) is 0 Å². The summed E-state index contributed by atoms with van der Waals surface area (Å²) in [6.45, 7) is 1.17. The second-order valence-electron chi connectivity index (χ2n) is 5.96. The van der Waals surface area contributed by atoms with Gasteiger partial charge in [-0.1, -0.05) is 52.7 Å². The average molecular weight is 385 g/mol. The number of aliphatic imine (C=N–C) groups is 1. The predicted molar refractivity (Wildman–Crippen MR) is 103 cm³/mol. The van der Waals surface area contributed by atoms with Crippen LogP contribution in [-0.4, -0.2) is 24.7 Å². The van der Waals surface area contributed by atoms with Crippen molar-refractivity contribution >= 4 is 33.2 Å². The number of nitrogens with zero attached hydrogens (tertiary/aromatic N) is 2. The van der Waals surface area contributed by atoms with Gasteiger partial charge in [-0.2, -0.15) is 0 Å². The van der Waals surface area contributed by atoms with E-state index in [1.165, 1.54) is 6.42 Å². The number of hydrogen-bond acceptors (Lipinski definition) is 3. The zero-order valence-electron chi connectivity index (χ0n) is 13.6. The van der Waals surface area contributed by atoms with Crippen LogP contribution in [0.2, 0.25) is 0 Å². The highest BCUT2D eigenvalue weighted by Gasteiger charge is 2.19. The van der Waals surface area contributed by atoms with Crippen molar-refractivity contribution in [1.82, 2.24) is 0 Å². The van der Waals surface area contributed by atoms with Gasteiger partial charge in [-0.15, -0.1) is 0 Å². The van der Waals surface area contributed by atoms with Gasteiger partial charge in [-0.25, -0.2) is 0 Å². The van der Waals surface area contributed by atoms with Crippen LogP contribution in [0.3, 0.4) is 0 Å². The second kappa shape index (κ2) is 8.25. The molecule has 0 aliphatic carbocycles. The van der Waals surface area contributed by atoms with Crippen molar-refractivity contribution in [1.29, 1.82) is 0 Å². The van der Waals surface area contributed by atoms with Crippen LogP contribution in [0.1, 0.15) is 36.0 Å². The Labute approximate surface area is 151 Å². The monoisotopic (exact) mass is 384 g/mol. The molecule has 0 saturated carbocycles. The molecule has 0 saturated heterocycles. The van der Waals surface area contributed by atoms with Crippen molar-refractivity contribution in [2.45, 2.75) is 25.7 Å². The minimum atomic E-state index is 0.116. The van der Waals surface area contributed by atoms with E-state index >= 15 is 0 Å². The first-order valence-corrected chi connectivity index (χ1v) is 9.18. The molecule has 0 aromatic heterocycles. The molecular formula is C20H21BrN2O. The molecule has 0 atom stereocenters. The number of halogens is 1. The highest BCUT2D eigenvalue weighted by Crippen LogP contribution is 2.22. The van der Waals surface area contributed by atoms with E-state index in [1.54, 1.807) is 0 Å². The zero-order valence-corrected chi connectivity index (χ0v) is 15.2. The molecule has 1 aliphatic rings. The Morgan fingerprint density at radius 2 is 1.75 bits per heavy atom. The third-order valence-corrected chi connectivity index (χ3v) is 4.73. The van der Waals surface area contributed by atoms with Gasteiger partial charge >= 0.3 is 0 Å². The second-order valence-corrected chi connectivity index (χ2v) is 6.88. The maximum absolute atomic E-state index is 12.7. The third kappa shape index (κ3) is 4.32. The van der Waals surface area contributed by atoms with E-state index in [-0.39, 0.29) is 5.78 Å². The lowest BCUT2D eigenvalue weighted by Gasteiger charge is -2.25. The van der Waals surface area contributed by atoms with Gasteiger partial charge in [-0.3, -0.25) is 9.79 Å². The van der Waals surface area contributed by atoms with Crippen molar-refractivity contribution in [2.24, 2.45) is 4.99 Å². The number of Topliss-reactive ketones (excluding diaryl/α,β-unsaturated/α-hetero) is 1. The summed E-state index contributed by atoms with van der Waals surface area (Å²) in [5, 5.41) is 0. The molecule has 3 rings (SSSR count). The van der Waals surface area contributed by atoms with Crippen LogP contribution in [0.4, 0.5) is 5.69 Å². The molecule has 124 valence electrons. The van der Waals surface area contributed by atoms with Crippen LogP contribution < -0.4 is 4.90 Å². The maximum atomic E-state index is 12.7. The average Bonchev–Trinajstić information content (AvgIpc) is 2.90. The summed E-state index contributed by atoms with van der Waals surface area (Å²) in [6, 6.07) is 17.6. The van der Waals surface area contributed by atoms with Crippen molar-refractivity contribution in [3.8, 4) is 0 Å². The van der Waals surface area contributed by atoms with Gasteiger partial charge in [0.2, 0.25) is 0 Å². The van der Waals surface area contributed by atoms with Crippen LogP contribution in [-0.2, 0) is 0 Å². The third-order valence-electron chi connectivity index (χ3n) is 4.20. The van der Waals surface area contributed by atoms with E-state index in [2.05, 4.69) is 20.8 Å². The topological polar surface area (TPSA) is 32.7 Å². The molecular weight excluding hydrogens is 364 g/mol. The molecule has 0 N–H and O–H groups in total. The predicted octanol–water partition coefficient (Wildman–Crippen LogP) is 5.11. The summed E-state index contributed by atoms with van der Waals surface area (Å²) < 4.78 is 1.03. The summed E-state index contributed by atoms with van der Waals surface area (Å²) in [7, 11) is 0. The van der Waals surface area contributed by atoms with Gasteiger partial charge < -0.3 is 4.90 Å². The summed E-state index contributed by atoms with van der Waals surface area (Å²) >= 11 is 3.47. The number of ketones is 1. The highest BCUT2D eigenvalue weighted by atomic mass is 79.9. The van der Waals surface area contributed by atoms with Gasteiger partial charge in [0.1, 0.15) is 5.84 Å². The first kappa shape index (κ1) is 16.9. The minimum Gasteiger partial charge on any atom is -0.322 e. The van der Waals surface area contributed by atoms with Crippen LogP contribution in [0, 0.1) is 0 Å². The number of carbonyl (C=O) groups is 1. The lowest BCUT2D eigenvalue weighted by atomic mass is 10.1. The van der Waals surface area contributed by atoms with Crippen molar-refractivity contribution in [3.63, 3.8) is 0 Å². The van der Waals surface area contributed by atoms with Gasteiger partial charge in [0.15, 0.2) is 5.78 Å². The molecule has 0 amide bonds. The first-order chi connectivity index (χ1) is 11.7. The Morgan fingerprint density at radius 1 is 1.00 bits per heavy atom. The zero-order chi connectivity index (χ0) is 16.8. The number of benzene rings is 2. The standard InChI is InChI=1S/C20H21BrN2O/c21-17-10-12-18(13-11-17)23(20-9-5-2-6-14-22-20)15-19(24)16-7-3-1-4-8-16/h1,3-4,7-8,10-13H,2,5-6,9,14-15H2. The number of amidine groups is 1. The van der Waals surface area contributed by atoms with Crippen molar-refractivity contribution in [3.05, 3.63) is 64.6 Å². The Morgan fingerprint density at radius 3 is 2.50 bits per heavy atom. The molecule has 0 unspecified atom stereocenters. The largest absolute Gasteiger partial charge is 0.322 e. The number of anilines is 1. The fraction of sp³-hybridized carbons (Fsp3) is 0.300. The maximum Gasteiger partial charge on any atom is 0.182 e. The normalized spacial score (nSPS) is 14.6. The number of hydrogen-bond donors (Lipinski definition) is 0. The molecule has 1 heterocycles. The van der Waals surface area contributed by atoms with Gasteiger partial charge in [-0.05, 0) is 37.1 Å². The van der Waals surface area contributed by atoms with Crippen molar-refractivity contribution < 1.29 is 4.79 Å². The molecule has 0 fully saturated rings. The molecule has 2 aromatic rings. The molecule has 0 bridgehead atoms. The quantitative estimate of drug-likeness (QED) is 0.685. The summed E-state index contributed by atoms with van der Waals surface area (Å²) in [5.74, 6) is 1.14. The summed E-state index contributed by atoms with van der Waals surface area (Å²) in [6.07, 6.45) is 4.39. The van der Waals surface area contributed by atoms with E-state index in [9.17, 15) is 4.79 Å². The van der Waals surface area contributed by atoms with E-state index in [0.717, 1.165) is 47.4 Å². The Hall–Kier alpha value is -1.94. The SMILES string of the molecule is O=C(CN(C1=NCCCCC1)c1ccc(Br)cc1)c1ccccc1. The molecule has 2 aromatic carbocycles. The summed E-state index contributed by atoms with van der Waals surface area (Å²) in [5.41, 5.74) is 1.76. The van der Waals surface area contributed by atoms with E-state index in [0.29, 0.717) is 6.54 Å². The van der Waals surface area contributed by atoms with Crippen LogP contribution in [0.5, 0.6) is 0 Å². The fourth-order valence-corrected chi connectivity index (χ4v) is 3.16. The smallest absolute Gasteiger partial charge is 0.182 e. The molecule has 1 aliphatic heterocycles. The fourth-order valence-electron chi connectivity index (χ4n) is 2.89. The Balaban J connectivity index is 1.88. The van der Waals surface area contributed by atoms with E-state index in [4.69, 9.17) is 4.99 Å². The molecule has 24 heavy (non-hydrogen) atoms. The van der Waals surface area contributed by atoms with E-state index < -0.39 is 0 Å². The van der Waals surface area contributed by atoms with Crippen LogP contribution >= 0.6 is 15.9 Å². The van der Waals surface area contributed by atoms with E-state index in [1.807, 2.05) is 54.6 Å². The number of rotatable bonds is 4. The molecule has 3 nitrogen and oxygen atoms in total.